The number of thiazole rings is 1. The van der Waals surface area contributed by atoms with Crippen LogP contribution in [0.4, 0.5) is 0 Å². The number of halogens is 3. The van der Waals surface area contributed by atoms with E-state index in [4.69, 9.17) is 44.9 Å². The van der Waals surface area contributed by atoms with Gasteiger partial charge in [0.1, 0.15) is 10.2 Å². The summed E-state index contributed by atoms with van der Waals surface area (Å²) in [4.78, 5) is 18.6. The van der Waals surface area contributed by atoms with E-state index in [1.54, 1.807) is 4.68 Å². The summed E-state index contributed by atoms with van der Waals surface area (Å²) in [6.45, 7) is 4.23. The Hall–Kier alpha value is -2.97. The van der Waals surface area contributed by atoms with Gasteiger partial charge in [-0.05, 0) is 47.8 Å². The van der Waals surface area contributed by atoms with Crippen LogP contribution in [-0.2, 0) is 0 Å². The van der Waals surface area contributed by atoms with Gasteiger partial charge >= 0.3 is 0 Å². The van der Waals surface area contributed by atoms with E-state index in [2.05, 4.69) is 18.9 Å². The van der Waals surface area contributed by atoms with Crippen molar-refractivity contribution < 1.29 is 0 Å². The van der Waals surface area contributed by atoms with E-state index in [9.17, 15) is 4.79 Å². The minimum atomic E-state index is -0.214. The van der Waals surface area contributed by atoms with Crippen molar-refractivity contribution in [3.63, 3.8) is 0 Å². The lowest BCUT2D eigenvalue weighted by Crippen LogP contribution is -2.23. The number of hydrogen-bond acceptors (Lipinski definition) is 5. The molecule has 0 spiro atoms. The van der Waals surface area contributed by atoms with Crippen molar-refractivity contribution in [2.75, 3.05) is 0 Å². The topological polar surface area (TPSA) is 65.1 Å². The second-order valence-electron chi connectivity index (χ2n) is 9.58. The molecule has 0 saturated heterocycles. The molecule has 0 N–H and O–H groups in total. The van der Waals surface area contributed by atoms with Gasteiger partial charge in [-0.1, -0.05) is 90.3 Å². The van der Waals surface area contributed by atoms with Crippen molar-refractivity contribution in [2.24, 2.45) is 11.3 Å². The van der Waals surface area contributed by atoms with Gasteiger partial charge in [0.15, 0.2) is 5.82 Å². The molecule has 0 aliphatic heterocycles. The Bertz CT molecular complexity index is 1770. The Morgan fingerprint density at radius 3 is 2.46 bits per heavy atom. The summed E-state index contributed by atoms with van der Waals surface area (Å²) >= 11 is 19.2. The van der Waals surface area contributed by atoms with E-state index in [0.717, 1.165) is 22.5 Å². The number of allylic oxidation sites excluding steroid dienone is 1. The molecule has 6 rings (SSSR count). The molecule has 37 heavy (non-hydrogen) atoms. The average molecular weight is 569 g/mol. The SMILES string of the molecule is CC1(C)C(C=C(Cl)Cl)C1c1nc2sc(=Cc3cn(-c4ccccc4)nc3-c3ccc(Cl)cc3)c(=O)n2n1. The van der Waals surface area contributed by atoms with Gasteiger partial charge in [0.2, 0.25) is 4.96 Å². The third kappa shape index (κ3) is 4.40. The van der Waals surface area contributed by atoms with Crippen LogP contribution in [0.1, 0.15) is 31.2 Å². The predicted octanol–water partition coefficient (Wildman–Crippen LogP) is 6.26. The van der Waals surface area contributed by atoms with Gasteiger partial charge in [-0.3, -0.25) is 4.79 Å². The fourth-order valence-electron chi connectivity index (χ4n) is 4.78. The van der Waals surface area contributed by atoms with E-state index in [1.807, 2.05) is 72.9 Å². The van der Waals surface area contributed by atoms with Crippen LogP contribution in [0.2, 0.25) is 5.02 Å². The van der Waals surface area contributed by atoms with Crippen molar-refractivity contribution in [2.45, 2.75) is 19.8 Å². The number of rotatable bonds is 5. The van der Waals surface area contributed by atoms with Crippen LogP contribution in [0.15, 0.2) is 76.2 Å². The lowest BCUT2D eigenvalue weighted by molar-refractivity contribution is 0.585. The normalized spacial score (nSPS) is 18.9. The minimum absolute atomic E-state index is 0.0551. The van der Waals surface area contributed by atoms with Gasteiger partial charge < -0.3 is 0 Å². The quantitative estimate of drug-likeness (QED) is 0.251. The first-order chi connectivity index (χ1) is 17.7. The van der Waals surface area contributed by atoms with Crippen molar-refractivity contribution in [3.8, 4) is 16.9 Å². The highest BCUT2D eigenvalue weighted by Crippen LogP contribution is 2.64. The van der Waals surface area contributed by atoms with Crippen LogP contribution in [0, 0.1) is 11.3 Å². The molecular weight excluding hydrogens is 549 g/mol. The largest absolute Gasteiger partial charge is 0.291 e. The molecule has 0 amide bonds. The van der Waals surface area contributed by atoms with Crippen molar-refractivity contribution >= 4 is 57.2 Å². The second-order valence-corrected chi connectivity index (χ2v) is 12.0. The van der Waals surface area contributed by atoms with E-state index in [-0.39, 0.29) is 27.3 Å². The predicted molar refractivity (Wildman–Crippen MR) is 150 cm³/mol. The molecule has 2 aromatic carbocycles. The molecule has 1 aliphatic carbocycles. The van der Waals surface area contributed by atoms with Crippen molar-refractivity contribution in [3.05, 3.63) is 103 Å². The first kappa shape index (κ1) is 24.4. The molecule has 2 atom stereocenters. The Balaban J connectivity index is 1.43. The van der Waals surface area contributed by atoms with E-state index in [1.165, 1.54) is 15.9 Å². The smallest absolute Gasteiger partial charge is 0.266 e. The highest BCUT2D eigenvalue weighted by atomic mass is 35.5. The highest BCUT2D eigenvalue weighted by Gasteiger charge is 2.59. The molecule has 0 bridgehead atoms. The molecule has 2 unspecified atom stereocenters. The lowest BCUT2D eigenvalue weighted by Gasteiger charge is -2.00. The summed E-state index contributed by atoms with van der Waals surface area (Å²) in [6.07, 6.45) is 5.59. The van der Waals surface area contributed by atoms with E-state index in [0.29, 0.717) is 20.3 Å². The van der Waals surface area contributed by atoms with Gasteiger partial charge in [-0.25, -0.2) is 9.67 Å². The Kier molecular flexibility index (Phi) is 5.99. The number of nitrogens with zero attached hydrogens (tertiary/aromatic N) is 5. The fraction of sp³-hybridized carbons (Fsp3) is 0.185. The van der Waals surface area contributed by atoms with Crippen molar-refractivity contribution in [1.82, 2.24) is 24.4 Å². The van der Waals surface area contributed by atoms with E-state index >= 15 is 0 Å². The summed E-state index contributed by atoms with van der Waals surface area (Å²) < 4.78 is 3.95. The summed E-state index contributed by atoms with van der Waals surface area (Å²) in [5.74, 6) is 0.815. The van der Waals surface area contributed by atoms with Crippen LogP contribution < -0.4 is 10.1 Å². The Morgan fingerprint density at radius 2 is 1.78 bits per heavy atom. The fourth-order valence-corrected chi connectivity index (χ4v) is 6.08. The summed E-state index contributed by atoms with van der Waals surface area (Å²) in [5, 5.41) is 10.0. The monoisotopic (exact) mass is 567 g/mol. The number of hydrogen-bond donors (Lipinski definition) is 0. The maximum Gasteiger partial charge on any atom is 0.291 e. The van der Waals surface area contributed by atoms with Gasteiger partial charge in [0.25, 0.3) is 5.56 Å². The molecule has 3 heterocycles. The summed E-state index contributed by atoms with van der Waals surface area (Å²) in [5.41, 5.74) is 3.07. The average Bonchev–Trinajstić information content (AvgIpc) is 3.28. The van der Waals surface area contributed by atoms with Gasteiger partial charge in [-0.2, -0.15) is 9.61 Å². The molecule has 1 fully saturated rings. The van der Waals surface area contributed by atoms with Gasteiger partial charge in [-0.15, -0.1) is 5.10 Å². The summed E-state index contributed by atoms with van der Waals surface area (Å²) in [7, 11) is 0. The standard InChI is InChI=1S/C27H20Cl3N5OS/c1-27(2)19(13-21(29)30)22(27)24-31-26-35(33-24)25(36)20(37-26)12-16-14-34(18-6-4-3-5-7-18)32-23(16)15-8-10-17(28)11-9-15/h3-14,19,22H,1-2H3. The molecule has 186 valence electrons. The molecule has 1 aliphatic rings. The third-order valence-corrected chi connectivity index (χ3v) is 8.32. The second kappa shape index (κ2) is 9.10. The van der Waals surface area contributed by atoms with Crippen molar-refractivity contribution in [1.29, 1.82) is 0 Å². The molecule has 10 heteroatoms. The zero-order valence-corrected chi connectivity index (χ0v) is 22.9. The van der Waals surface area contributed by atoms with Crippen LogP contribution in [-0.4, -0.2) is 24.4 Å². The number of aromatic nitrogens is 5. The van der Waals surface area contributed by atoms with Crippen LogP contribution in [0.3, 0.4) is 0 Å². The van der Waals surface area contributed by atoms with Crippen LogP contribution >= 0.6 is 46.1 Å². The highest BCUT2D eigenvalue weighted by molar-refractivity contribution is 7.15. The zero-order valence-electron chi connectivity index (χ0n) is 19.8. The van der Waals surface area contributed by atoms with Crippen LogP contribution in [0.25, 0.3) is 28.0 Å². The molecule has 6 nitrogen and oxygen atoms in total. The first-order valence-electron chi connectivity index (χ1n) is 11.6. The van der Waals surface area contributed by atoms with Crippen LogP contribution in [0.5, 0.6) is 0 Å². The third-order valence-electron chi connectivity index (χ3n) is 6.86. The van der Waals surface area contributed by atoms with E-state index < -0.39 is 0 Å². The molecule has 0 radical (unpaired) electrons. The maximum absolute atomic E-state index is 13.3. The number of fused-ring (bicyclic) bond motifs is 1. The lowest BCUT2D eigenvalue weighted by atomic mass is 10.1. The summed E-state index contributed by atoms with van der Waals surface area (Å²) in [6, 6.07) is 17.3. The molecule has 1 saturated carbocycles. The molecular formula is C27H20Cl3N5OS. The Labute approximate surface area is 231 Å². The Morgan fingerprint density at radius 1 is 1.05 bits per heavy atom. The number of benzene rings is 2. The van der Waals surface area contributed by atoms with Gasteiger partial charge in [0, 0.05) is 28.3 Å². The molecule has 3 aromatic heterocycles. The zero-order chi connectivity index (χ0) is 25.9. The maximum atomic E-state index is 13.3. The molecule has 5 aromatic rings. The van der Waals surface area contributed by atoms with Gasteiger partial charge in [0.05, 0.1) is 10.2 Å². The first-order valence-corrected chi connectivity index (χ1v) is 13.5. The minimum Gasteiger partial charge on any atom is -0.266 e. The number of para-hydroxylation sites is 1.